The monoisotopic (exact) mass is 537 g/mol. The van der Waals surface area contributed by atoms with Crippen molar-refractivity contribution in [2.75, 3.05) is 5.32 Å². The molecule has 1 aromatic carbocycles. The van der Waals surface area contributed by atoms with E-state index in [9.17, 15) is 13.2 Å². The van der Waals surface area contributed by atoms with Gasteiger partial charge in [-0.25, -0.2) is 13.4 Å². The fourth-order valence-electron chi connectivity index (χ4n) is 5.21. The van der Waals surface area contributed by atoms with Gasteiger partial charge in [-0.2, -0.15) is 0 Å². The van der Waals surface area contributed by atoms with Crippen LogP contribution in [0.25, 0.3) is 0 Å². The Morgan fingerprint density at radius 1 is 1.15 bits per heavy atom. The zero-order valence-electron chi connectivity index (χ0n) is 18.3. The van der Waals surface area contributed by atoms with Crippen molar-refractivity contribution >= 4 is 56.2 Å². The highest BCUT2D eigenvalue weighted by atomic mass is 35.5. The second kappa shape index (κ2) is 9.93. The number of nitrogens with one attached hydrogen (secondary N) is 1. The van der Waals surface area contributed by atoms with Gasteiger partial charge in [0.1, 0.15) is 4.34 Å². The number of benzene rings is 1. The molecule has 0 aliphatic heterocycles. The number of halogens is 2. The number of pyridine rings is 1. The molecular weight excluding hydrogens is 513 g/mol. The largest absolute Gasteiger partial charge is 0.301 e. The summed E-state index contributed by atoms with van der Waals surface area (Å²) in [6.07, 6.45) is 10.2. The molecule has 2 unspecified atom stereocenters. The minimum atomic E-state index is -3.51. The molecule has 2 fully saturated rings. The Morgan fingerprint density at radius 2 is 1.88 bits per heavy atom. The molecule has 0 spiro atoms. The van der Waals surface area contributed by atoms with Gasteiger partial charge in [0.25, 0.3) is 0 Å². The molecule has 0 radical (unpaired) electrons. The number of sulfone groups is 1. The van der Waals surface area contributed by atoms with E-state index in [1.54, 1.807) is 48.8 Å². The average Bonchev–Trinajstić information content (AvgIpc) is 3.10. The van der Waals surface area contributed by atoms with E-state index in [1.807, 2.05) is 0 Å². The number of carbonyl (C=O) groups excluding carboxylic acids is 1. The maximum absolute atomic E-state index is 13.5. The third kappa shape index (κ3) is 4.87. The van der Waals surface area contributed by atoms with Crippen LogP contribution in [0, 0.1) is 11.8 Å². The number of hydrogen-bond donors (Lipinski definition) is 1. The van der Waals surface area contributed by atoms with Crippen LogP contribution in [0.3, 0.4) is 0 Å². The smallest absolute Gasteiger partial charge is 0.237 e. The van der Waals surface area contributed by atoms with Crippen LogP contribution in [0.5, 0.6) is 0 Å². The minimum absolute atomic E-state index is 0. The molecule has 180 valence electrons. The summed E-state index contributed by atoms with van der Waals surface area (Å²) in [6, 6.07) is 10.3. The number of carbonyl (C=O) groups is 1. The van der Waals surface area contributed by atoms with Gasteiger partial charge in [-0.1, -0.05) is 66.8 Å². The molecule has 2 aliphatic rings. The highest BCUT2D eigenvalue weighted by Crippen LogP contribution is 2.61. The van der Waals surface area contributed by atoms with Crippen LogP contribution in [0.15, 0.2) is 59.9 Å². The van der Waals surface area contributed by atoms with Crippen molar-refractivity contribution in [3.63, 3.8) is 0 Å². The first kappa shape index (κ1) is 25.1. The van der Waals surface area contributed by atoms with E-state index in [4.69, 9.17) is 11.6 Å². The van der Waals surface area contributed by atoms with Crippen LogP contribution < -0.4 is 5.32 Å². The van der Waals surface area contributed by atoms with E-state index in [0.717, 1.165) is 24.8 Å². The van der Waals surface area contributed by atoms with Crippen molar-refractivity contribution < 1.29 is 13.2 Å². The van der Waals surface area contributed by atoms with Crippen LogP contribution in [0.1, 0.15) is 43.2 Å². The summed E-state index contributed by atoms with van der Waals surface area (Å²) in [5, 5.41) is 3.44. The van der Waals surface area contributed by atoms with Crippen LogP contribution >= 0.6 is 35.3 Å². The third-order valence-corrected chi connectivity index (χ3v) is 9.63. The van der Waals surface area contributed by atoms with Gasteiger partial charge in [0.05, 0.1) is 22.3 Å². The van der Waals surface area contributed by atoms with E-state index in [-0.39, 0.29) is 34.9 Å². The molecule has 5 rings (SSSR count). The molecule has 0 bridgehead atoms. The van der Waals surface area contributed by atoms with Crippen molar-refractivity contribution in [2.45, 2.75) is 48.2 Å². The predicted molar refractivity (Wildman–Crippen MR) is 136 cm³/mol. The first-order valence-corrected chi connectivity index (χ1v) is 13.9. The molecule has 1 amide bonds. The maximum Gasteiger partial charge on any atom is 0.237 e. The van der Waals surface area contributed by atoms with E-state index in [2.05, 4.69) is 15.3 Å². The highest BCUT2D eigenvalue weighted by molar-refractivity contribution is 7.90. The molecule has 2 atom stereocenters. The topological polar surface area (TPSA) is 89.0 Å². The number of nitrogens with zero attached hydrogens (tertiary/aromatic N) is 2. The molecule has 6 nitrogen and oxygen atoms in total. The summed E-state index contributed by atoms with van der Waals surface area (Å²) in [7, 11) is -3.51. The quantitative estimate of drug-likeness (QED) is 0.419. The molecule has 2 aromatic heterocycles. The maximum atomic E-state index is 13.5. The summed E-state index contributed by atoms with van der Waals surface area (Å²) in [5.74, 6) is 0.579. The lowest BCUT2D eigenvalue weighted by atomic mass is 9.87. The lowest BCUT2D eigenvalue weighted by Gasteiger charge is -2.20. The van der Waals surface area contributed by atoms with Gasteiger partial charge in [0, 0.05) is 12.4 Å². The minimum Gasteiger partial charge on any atom is -0.301 e. The second-order valence-corrected chi connectivity index (χ2v) is 12.5. The Morgan fingerprint density at radius 3 is 2.50 bits per heavy atom. The predicted octanol–water partition coefficient (Wildman–Crippen LogP) is 5.67. The first-order valence-electron chi connectivity index (χ1n) is 11.0. The lowest BCUT2D eigenvalue weighted by Crippen LogP contribution is -2.31. The normalized spacial score (nSPS) is 22.2. The summed E-state index contributed by atoms with van der Waals surface area (Å²) in [5.41, 5.74) is 0.849. The molecule has 10 heteroatoms. The van der Waals surface area contributed by atoms with E-state index < -0.39 is 15.3 Å². The molecular formula is C24H25Cl2N3O3S2. The molecule has 2 heterocycles. The summed E-state index contributed by atoms with van der Waals surface area (Å²) in [6.45, 7) is 0. The number of amides is 1. The Balaban J connectivity index is 0.00000274. The van der Waals surface area contributed by atoms with E-state index >= 15 is 0 Å². The Hall–Kier alpha value is -2.00. The van der Waals surface area contributed by atoms with Crippen molar-refractivity contribution in [1.82, 2.24) is 9.97 Å². The van der Waals surface area contributed by atoms with Crippen molar-refractivity contribution in [3.05, 3.63) is 70.5 Å². The van der Waals surface area contributed by atoms with Crippen LogP contribution in [0.4, 0.5) is 5.13 Å². The third-order valence-electron chi connectivity index (χ3n) is 6.89. The zero-order chi connectivity index (χ0) is 23.1. The molecule has 1 N–H and O–H groups in total. The van der Waals surface area contributed by atoms with Gasteiger partial charge in [0.2, 0.25) is 5.91 Å². The summed E-state index contributed by atoms with van der Waals surface area (Å²) in [4.78, 5) is 21.9. The molecule has 0 saturated heterocycles. The molecule has 2 aliphatic carbocycles. The number of rotatable bonds is 7. The Kier molecular flexibility index (Phi) is 7.33. The lowest BCUT2D eigenvalue weighted by molar-refractivity contribution is -0.119. The fraction of sp³-hybridized carbons (Fsp3) is 0.375. The van der Waals surface area contributed by atoms with Crippen molar-refractivity contribution in [2.24, 2.45) is 11.8 Å². The summed E-state index contributed by atoms with van der Waals surface area (Å²) < 4.78 is 26.3. The van der Waals surface area contributed by atoms with Crippen molar-refractivity contribution in [1.29, 1.82) is 0 Å². The summed E-state index contributed by atoms with van der Waals surface area (Å²) >= 11 is 7.22. The molecule has 3 aromatic rings. The number of aromatic nitrogens is 2. The number of anilines is 1. The van der Waals surface area contributed by atoms with Gasteiger partial charge in [0.15, 0.2) is 15.0 Å². The highest BCUT2D eigenvalue weighted by Gasteiger charge is 2.63. The zero-order valence-corrected chi connectivity index (χ0v) is 21.5. The SMILES string of the molecule is Cl.O=C(Nc1ncc(Cl)s1)C1(c2ccc(S(=O)(=O)Cc3cccnc3)cc2)CC1C1CCCC1. The van der Waals surface area contributed by atoms with Crippen LogP contribution in [-0.4, -0.2) is 24.3 Å². The van der Waals surface area contributed by atoms with Gasteiger partial charge in [-0.3, -0.25) is 9.78 Å². The average molecular weight is 539 g/mol. The van der Waals surface area contributed by atoms with Gasteiger partial charge in [-0.15, -0.1) is 12.4 Å². The van der Waals surface area contributed by atoms with Crippen LogP contribution in [0.2, 0.25) is 4.34 Å². The molecule has 2 saturated carbocycles. The van der Waals surface area contributed by atoms with Crippen molar-refractivity contribution in [3.8, 4) is 0 Å². The number of thiazole rings is 1. The standard InChI is InChI=1S/C24H24ClN3O3S2.ClH/c25-21-14-27-23(32-21)28-22(29)24(12-20(24)17-5-1-2-6-17)18-7-9-19(10-8-18)33(30,31)15-16-4-3-11-26-13-16;/h3-4,7-11,13-14,17,20H,1-2,5-6,12,15H2,(H,27,28,29);1H. The second-order valence-electron chi connectivity index (χ2n) is 8.89. The molecule has 34 heavy (non-hydrogen) atoms. The van der Waals surface area contributed by atoms with Crippen LogP contribution in [-0.2, 0) is 25.8 Å². The fourth-order valence-corrected chi connectivity index (χ4v) is 7.34. The van der Waals surface area contributed by atoms with Gasteiger partial charge >= 0.3 is 0 Å². The van der Waals surface area contributed by atoms with E-state index in [0.29, 0.717) is 20.9 Å². The van der Waals surface area contributed by atoms with Gasteiger partial charge < -0.3 is 5.32 Å². The van der Waals surface area contributed by atoms with Gasteiger partial charge in [-0.05, 0) is 47.6 Å². The number of hydrogen-bond acceptors (Lipinski definition) is 6. The Bertz CT molecular complexity index is 1260. The van der Waals surface area contributed by atoms with E-state index in [1.165, 1.54) is 30.4 Å². The first-order chi connectivity index (χ1) is 15.9. The Labute approximate surface area is 214 Å².